The highest BCUT2D eigenvalue weighted by molar-refractivity contribution is 5.70. The Kier molecular flexibility index (Phi) is 5.52. The summed E-state index contributed by atoms with van der Waals surface area (Å²) in [6.07, 6.45) is -2.62. The van der Waals surface area contributed by atoms with Crippen LogP contribution < -0.4 is 5.32 Å². The van der Waals surface area contributed by atoms with E-state index in [0.717, 1.165) is 11.4 Å². The first-order chi connectivity index (χ1) is 10.6. The number of carbonyl (C=O) groups excluding carboxylic acids is 1. The van der Waals surface area contributed by atoms with Crippen LogP contribution in [0.5, 0.6) is 0 Å². The maximum Gasteiger partial charge on any atom is 0.308 e. The zero-order chi connectivity index (χ0) is 15.9. The van der Waals surface area contributed by atoms with E-state index in [2.05, 4.69) is 10.1 Å². The molecule has 0 saturated heterocycles. The number of hydrogen-bond donors (Lipinski definition) is 3. The zero-order valence-corrected chi connectivity index (χ0v) is 12.3. The van der Waals surface area contributed by atoms with E-state index in [-0.39, 0.29) is 6.42 Å². The fraction of sp³-hybridized carbons (Fsp3) is 0.235. The first kappa shape index (κ1) is 16.0. The Labute approximate surface area is 129 Å². The highest BCUT2D eigenvalue weighted by atomic mass is 16.5. The van der Waals surface area contributed by atoms with Crippen molar-refractivity contribution >= 4 is 17.3 Å². The lowest BCUT2D eigenvalue weighted by Gasteiger charge is -2.18. The van der Waals surface area contributed by atoms with Crippen LogP contribution in [0.3, 0.4) is 0 Å². The Bertz CT molecular complexity index is 615. The topological polar surface area (TPSA) is 78.8 Å². The number of ether oxygens (including phenoxy) is 1. The summed E-state index contributed by atoms with van der Waals surface area (Å²) in [4.78, 5) is 11.2. The van der Waals surface area contributed by atoms with Gasteiger partial charge in [-0.05, 0) is 29.8 Å². The monoisotopic (exact) mass is 301 g/mol. The van der Waals surface area contributed by atoms with Gasteiger partial charge in [0.1, 0.15) is 6.10 Å². The van der Waals surface area contributed by atoms with Crippen molar-refractivity contribution in [1.29, 1.82) is 0 Å². The van der Waals surface area contributed by atoms with Crippen LogP contribution in [0.15, 0.2) is 54.6 Å². The van der Waals surface area contributed by atoms with Gasteiger partial charge >= 0.3 is 5.97 Å². The van der Waals surface area contributed by atoms with E-state index >= 15 is 0 Å². The predicted octanol–water partition coefficient (Wildman–Crippen LogP) is 2.39. The van der Waals surface area contributed by atoms with Crippen molar-refractivity contribution in [1.82, 2.24) is 0 Å². The second kappa shape index (κ2) is 7.59. The van der Waals surface area contributed by atoms with E-state index in [1.165, 1.54) is 7.11 Å². The molecule has 0 aliphatic rings. The van der Waals surface area contributed by atoms with E-state index in [1.54, 1.807) is 18.2 Å². The molecule has 5 heteroatoms. The molecular formula is C17H19NO4. The van der Waals surface area contributed by atoms with Crippen LogP contribution in [0.2, 0.25) is 0 Å². The molecule has 0 aliphatic carbocycles. The van der Waals surface area contributed by atoms with Crippen LogP contribution in [-0.2, 0) is 9.53 Å². The van der Waals surface area contributed by atoms with Crippen LogP contribution in [0, 0.1) is 0 Å². The van der Waals surface area contributed by atoms with Gasteiger partial charge in [-0.25, -0.2) is 0 Å². The summed E-state index contributed by atoms with van der Waals surface area (Å²) in [6.45, 7) is 0. The summed E-state index contributed by atoms with van der Waals surface area (Å²) in [5, 5.41) is 23.2. The minimum Gasteiger partial charge on any atom is -0.469 e. The van der Waals surface area contributed by atoms with Crippen molar-refractivity contribution in [3.05, 3.63) is 60.2 Å². The summed E-state index contributed by atoms with van der Waals surface area (Å²) >= 11 is 0. The van der Waals surface area contributed by atoms with Gasteiger partial charge in [0.05, 0.1) is 19.6 Å². The van der Waals surface area contributed by atoms with Gasteiger partial charge in [0.25, 0.3) is 0 Å². The molecule has 2 rings (SSSR count). The minimum absolute atomic E-state index is 0.256. The number of methoxy groups -OCH3 is 1. The van der Waals surface area contributed by atoms with Crippen molar-refractivity contribution in [3.8, 4) is 0 Å². The van der Waals surface area contributed by atoms with Gasteiger partial charge in [-0.2, -0.15) is 0 Å². The van der Waals surface area contributed by atoms with Crippen LogP contribution in [0.25, 0.3) is 0 Å². The number of aliphatic hydroxyl groups excluding tert-OH is 2. The molecule has 0 aromatic heterocycles. The normalized spacial score (nSPS) is 13.2. The Morgan fingerprint density at radius 2 is 1.77 bits per heavy atom. The average molecular weight is 301 g/mol. The molecule has 2 aromatic carbocycles. The van der Waals surface area contributed by atoms with Gasteiger partial charge in [-0.1, -0.05) is 30.3 Å². The molecule has 2 atom stereocenters. The molecule has 116 valence electrons. The predicted molar refractivity (Wildman–Crippen MR) is 83.8 cm³/mol. The second-order valence-electron chi connectivity index (χ2n) is 4.91. The quantitative estimate of drug-likeness (QED) is 0.714. The molecule has 0 amide bonds. The third-order valence-corrected chi connectivity index (χ3v) is 3.26. The molecule has 22 heavy (non-hydrogen) atoms. The van der Waals surface area contributed by atoms with Crippen LogP contribution >= 0.6 is 0 Å². The van der Waals surface area contributed by atoms with Gasteiger partial charge in [-0.15, -0.1) is 0 Å². The fourth-order valence-electron chi connectivity index (χ4n) is 2.08. The number of anilines is 2. The lowest BCUT2D eigenvalue weighted by Crippen LogP contribution is -2.22. The molecule has 2 aromatic rings. The smallest absolute Gasteiger partial charge is 0.308 e. The number of aliphatic hydroxyl groups is 2. The van der Waals surface area contributed by atoms with Gasteiger partial charge in [-0.3, -0.25) is 4.79 Å². The molecular weight excluding hydrogens is 282 g/mol. The van der Waals surface area contributed by atoms with Crippen molar-refractivity contribution < 1.29 is 19.7 Å². The Balaban J connectivity index is 2.09. The Hall–Kier alpha value is -2.37. The number of esters is 1. The van der Waals surface area contributed by atoms with Crippen LogP contribution in [0.4, 0.5) is 11.4 Å². The third kappa shape index (κ3) is 4.31. The van der Waals surface area contributed by atoms with Gasteiger partial charge in [0, 0.05) is 11.4 Å². The molecule has 0 spiro atoms. The second-order valence-corrected chi connectivity index (χ2v) is 4.91. The van der Waals surface area contributed by atoms with E-state index in [0.29, 0.717) is 5.56 Å². The first-order valence-corrected chi connectivity index (χ1v) is 6.95. The standard InChI is InChI=1S/C17H19NO4/c1-22-16(20)11-15(19)17(21)12-6-5-9-14(10-12)18-13-7-3-2-4-8-13/h2-10,15,17-19,21H,11H2,1H3. The average Bonchev–Trinajstić information content (AvgIpc) is 2.55. The molecule has 0 heterocycles. The molecule has 0 saturated carbocycles. The third-order valence-electron chi connectivity index (χ3n) is 3.26. The molecule has 0 aliphatic heterocycles. The summed E-state index contributed by atoms with van der Waals surface area (Å²) in [5.41, 5.74) is 2.23. The number of rotatable bonds is 6. The van der Waals surface area contributed by atoms with Gasteiger partial charge in [0.2, 0.25) is 0 Å². The van der Waals surface area contributed by atoms with Crippen molar-refractivity contribution in [3.63, 3.8) is 0 Å². The fourth-order valence-corrected chi connectivity index (χ4v) is 2.08. The lowest BCUT2D eigenvalue weighted by molar-refractivity contribution is -0.144. The number of para-hydroxylation sites is 1. The Morgan fingerprint density at radius 1 is 1.09 bits per heavy atom. The molecule has 0 radical (unpaired) electrons. The maximum atomic E-state index is 11.2. The number of carbonyl (C=O) groups is 1. The van der Waals surface area contributed by atoms with Gasteiger partial charge < -0.3 is 20.3 Å². The molecule has 0 bridgehead atoms. The van der Waals surface area contributed by atoms with Crippen molar-refractivity contribution in [2.75, 3.05) is 12.4 Å². The molecule has 5 nitrogen and oxygen atoms in total. The van der Waals surface area contributed by atoms with Crippen molar-refractivity contribution in [2.24, 2.45) is 0 Å². The molecule has 0 fully saturated rings. The zero-order valence-electron chi connectivity index (χ0n) is 12.3. The summed E-state index contributed by atoms with van der Waals surface area (Å²) < 4.78 is 4.49. The highest BCUT2D eigenvalue weighted by Crippen LogP contribution is 2.24. The number of benzene rings is 2. The first-order valence-electron chi connectivity index (χ1n) is 6.95. The van der Waals surface area contributed by atoms with E-state index in [1.807, 2.05) is 36.4 Å². The lowest BCUT2D eigenvalue weighted by atomic mass is 10.0. The highest BCUT2D eigenvalue weighted by Gasteiger charge is 2.22. The van der Waals surface area contributed by atoms with Crippen LogP contribution in [-0.4, -0.2) is 29.4 Å². The molecule has 3 N–H and O–H groups in total. The SMILES string of the molecule is COC(=O)CC(O)C(O)c1cccc(Nc2ccccc2)c1. The van der Waals surface area contributed by atoms with E-state index < -0.39 is 18.2 Å². The Morgan fingerprint density at radius 3 is 2.45 bits per heavy atom. The molecule has 2 unspecified atom stereocenters. The van der Waals surface area contributed by atoms with Gasteiger partial charge in [0.15, 0.2) is 0 Å². The summed E-state index contributed by atoms with van der Waals surface area (Å²) in [6, 6.07) is 16.7. The van der Waals surface area contributed by atoms with E-state index in [4.69, 9.17) is 0 Å². The number of hydrogen-bond acceptors (Lipinski definition) is 5. The van der Waals surface area contributed by atoms with Crippen molar-refractivity contribution in [2.45, 2.75) is 18.6 Å². The summed E-state index contributed by atoms with van der Waals surface area (Å²) in [7, 11) is 1.24. The maximum absolute atomic E-state index is 11.2. The minimum atomic E-state index is -1.21. The summed E-state index contributed by atoms with van der Waals surface area (Å²) in [5.74, 6) is -0.565. The van der Waals surface area contributed by atoms with E-state index in [9.17, 15) is 15.0 Å². The number of nitrogens with one attached hydrogen (secondary N) is 1. The van der Waals surface area contributed by atoms with Crippen LogP contribution in [0.1, 0.15) is 18.1 Å². The largest absolute Gasteiger partial charge is 0.469 e.